The Labute approximate surface area is 212 Å². The van der Waals surface area contributed by atoms with Gasteiger partial charge in [0.1, 0.15) is 5.75 Å². The average Bonchev–Trinajstić information content (AvgIpc) is 3.33. The Balaban J connectivity index is 1.50. The van der Waals surface area contributed by atoms with E-state index in [-0.39, 0.29) is 17.4 Å². The number of carbonyl (C=O) groups excluding carboxylic acids is 1. The lowest BCUT2D eigenvalue weighted by molar-refractivity contribution is -0.118. The maximum Gasteiger partial charge on any atom is 0.250 e. The molecule has 1 amide bonds. The molecule has 0 bridgehead atoms. The molecule has 0 saturated heterocycles. The van der Waals surface area contributed by atoms with E-state index in [0.717, 1.165) is 17.0 Å². The zero-order valence-electron chi connectivity index (χ0n) is 19.8. The third-order valence-corrected chi connectivity index (χ3v) is 5.98. The fourth-order valence-corrected chi connectivity index (χ4v) is 4.12. The Hall–Kier alpha value is -4.31. The van der Waals surface area contributed by atoms with Gasteiger partial charge in [-0.25, -0.2) is 5.43 Å². The van der Waals surface area contributed by atoms with Crippen molar-refractivity contribution in [3.8, 4) is 34.3 Å². The van der Waals surface area contributed by atoms with Crippen molar-refractivity contribution in [1.29, 1.82) is 0 Å². The Bertz CT molecular complexity index is 1340. The van der Waals surface area contributed by atoms with Gasteiger partial charge in [-0.3, -0.25) is 9.36 Å². The number of ether oxygens (including phenoxy) is 2. The number of methoxy groups -OCH3 is 1. The molecule has 1 aromatic heterocycles. The van der Waals surface area contributed by atoms with E-state index in [1.54, 1.807) is 18.2 Å². The zero-order chi connectivity index (χ0) is 25.3. The fourth-order valence-electron chi connectivity index (χ4n) is 3.37. The Morgan fingerprint density at radius 3 is 2.58 bits per heavy atom. The molecule has 0 aliphatic heterocycles. The normalized spacial score (nSPS) is 10.9. The summed E-state index contributed by atoms with van der Waals surface area (Å²) in [6.07, 6.45) is 1.36. The first-order chi connectivity index (χ1) is 17.6. The Morgan fingerprint density at radius 2 is 1.86 bits per heavy atom. The summed E-state index contributed by atoms with van der Waals surface area (Å²) in [6.45, 7) is 2.52. The van der Waals surface area contributed by atoms with Crippen LogP contribution in [0.2, 0.25) is 0 Å². The molecule has 0 atom stereocenters. The summed E-state index contributed by atoms with van der Waals surface area (Å²) in [5.41, 5.74) is 4.64. The minimum Gasteiger partial charge on any atom is -0.504 e. The number of carbonyl (C=O) groups is 1. The predicted molar refractivity (Wildman–Crippen MR) is 139 cm³/mol. The van der Waals surface area contributed by atoms with Gasteiger partial charge in [0.15, 0.2) is 22.5 Å². The van der Waals surface area contributed by atoms with Gasteiger partial charge in [0, 0.05) is 16.8 Å². The van der Waals surface area contributed by atoms with Crippen molar-refractivity contribution in [2.45, 2.75) is 12.1 Å². The summed E-state index contributed by atoms with van der Waals surface area (Å²) in [5.74, 6) is 1.43. The number of aromatic nitrogens is 3. The molecule has 4 aromatic rings. The number of thioether (sulfide) groups is 1. The Kier molecular flexibility index (Phi) is 8.20. The molecular weight excluding hydrogens is 478 g/mol. The van der Waals surface area contributed by atoms with E-state index >= 15 is 0 Å². The molecule has 10 heteroatoms. The van der Waals surface area contributed by atoms with Gasteiger partial charge in [-0.2, -0.15) is 5.10 Å². The van der Waals surface area contributed by atoms with E-state index in [2.05, 4.69) is 20.7 Å². The maximum atomic E-state index is 12.4. The van der Waals surface area contributed by atoms with E-state index in [1.807, 2.05) is 66.1 Å². The van der Waals surface area contributed by atoms with Crippen molar-refractivity contribution >= 4 is 23.9 Å². The highest BCUT2D eigenvalue weighted by Gasteiger charge is 2.17. The number of amides is 1. The number of nitrogens with one attached hydrogen (secondary N) is 1. The third kappa shape index (κ3) is 5.84. The number of benzene rings is 3. The molecular formula is C26H25N5O4S. The molecule has 0 spiro atoms. The molecule has 4 rings (SSSR count). The maximum absolute atomic E-state index is 12.4. The van der Waals surface area contributed by atoms with E-state index in [4.69, 9.17) is 9.47 Å². The number of hydrogen-bond donors (Lipinski definition) is 2. The molecule has 0 unspecified atom stereocenters. The first kappa shape index (κ1) is 24.8. The summed E-state index contributed by atoms with van der Waals surface area (Å²) in [5, 5.41) is 23.4. The van der Waals surface area contributed by atoms with Crippen molar-refractivity contribution in [2.75, 3.05) is 19.5 Å². The highest BCUT2D eigenvalue weighted by Crippen LogP contribution is 2.29. The van der Waals surface area contributed by atoms with E-state index < -0.39 is 0 Å². The predicted octanol–water partition coefficient (Wildman–Crippen LogP) is 4.29. The van der Waals surface area contributed by atoms with Crippen LogP contribution >= 0.6 is 11.8 Å². The second-order valence-corrected chi connectivity index (χ2v) is 8.36. The number of phenolic OH excluding ortho intramolecular Hbond substituents is 1. The number of hydrogen-bond acceptors (Lipinski definition) is 8. The van der Waals surface area contributed by atoms with Crippen LogP contribution in [0.3, 0.4) is 0 Å². The first-order valence-electron chi connectivity index (χ1n) is 11.2. The third-order valence-electron chi connectivity index (χ3n) is 5.05. The van der Waals surface area contributed by atoms with Crippen LogP contribution in [0.5, 0.6) is 17.2 Å². The molecule has 184 valence electrons. The lowest BCUT2D eigenvalue weighted by Crippen LogP contribution is -2.20. The van der Waals surface area contributed by atoms with E-state index in [1.165, 1.54) is 25.1 Å². The van der Waals surface area contributed by atoms with Crippen LogP contribution in [-0.2, 0) is 4.79 Å². The van der Waals surface area contributed by atoms with Crippen LogP contribution in [-0.4, -0.2) is 51.5 Å². The van der Waals surface area contributed by atoms with Gasteiger partial charge < -0.3 is 14.6 Å². The number of rotatable bonds is 10. The van der Waals surface area contributed by atoms with Crippen LogP contribution < -0.4 is 14.9 Å². The van der Waals surface area contributed by atoms with Gasteiger partial charge >= 0.3 is 0 Å². The number of para-hydroxylation sites is 1. The number of phenols is 1. The average molecular weight is 504 g/mol. The van der Waals surface area contributed by atoms with Gasteiger partial charge in [-0.15, -0.1) is 10.2 Å². The molecule has 1 heterocycles. The van der Waals surface area contributed by atoms with E-state index in [9.17, 15) is 9.90 Å². The standard InChI is InChI=1S/C26H25N5O4S/c1-3-35-21-14-12-20(13-15-21)31-25(18-8-5-4-6-9-18)29-30-26(31)36-17-23(32)28-27-16-19-10-7-11-22(34-2)24(19)33/h4-16,33H,3,17H2,1-2H3,(H,28,32). The van der Waals surface area contributed by atoms with Crippen molar-refractivity contribution < 1.29 is 19.4 Å². The molecule has 0 fully saturated rings. The molecule has 0 aliphatic carbocycles. The highest BCUT2D eigenvalue weighted by atomic mass is 32.2. The van der Waals surface area contributed by atoms with Crippen LogP contribution in [0.4, 0.5) is 0 Å². The summed E-state index contributed by atoms with van der Waals surface area (Å²) in [4.78, 5) is 12.4. The first-order valence-corrected chi connectivity index (χ1v) is 12.1. The van der Waals surface area contributed by atoms with Crippen LogP contribution in [0, 0.1) is 0 Å². The van der Waals surface area contributed by atoms with Crippen LogP contribution in [0.1, 0.15) is 12.5 Å². The highest BCUT2D eigenvalue weighted by molar-refractivity contribution is 7.99. The fraction of sp³-hybridized carbons (Fsp3) is 0.154. The molecule has 36 heavy (non-hydrogen) atoms. The monoisotopic (exact) mass is 503 g/mol. The zero-order valence-corrected chi connectivity index (χ0v) is 20.6. The summed E-state index contributed by atoms with van der Waals surface area (Å²) in [7, 11) is 1.46. The minimum atomic E-state index is -0.332. The van der Waals surface area contributed by atoms with Crippen LogP contribution in [0.15, 0.2) is 83.1 Å². The number of hydrazone groups is 1. The molecule has 2 N–H and O–H groups in total. The van der Waals surface area contributed by atoms with E-state index in [0.29, 0.717) is 28.9 Å². The molecule has 9 nitrogen and oxygen atoms in total. The number of aromatic hydroxyl groups is 1. The SMILES string of the molecule is CCOc1ccc(-n2c(SCC(=O)NN=Cc3cccc(OC)c3O)nnc2-c2ccccc2)cc1. The smallest absolute Gasteiger partial charge is 0.250 e. The summed E-state index contributed by atoms with van der Waals surface area (Å²) >= 11 is 1.24. The van der Waals surface area contributed by atoms with Gasteiger partial charge in [0.05, 0.1) is 25.7 Å². The molecule has 0 aliphatic rings. The second kappa shape index (κ2) is 11.9. The topological polar surface area (TPSA) is 111 Å². The molecule has 0 radical (unpaired) electrons. The molecule has 3 aromatic carbocycles. The summed E-state index contributed by atoms with van der Waals surface area (Å²) < 4.78 is 12.5. The molecule has 0 saturated carbocycles. The van der Waals surface area contributed by atoms with Gasteiger partial charge in [0.2, 0.25) is 0 Å². The lowest BCUT2D eigenvalue weighted by atomic mass is 10.2. The summed E-state index contributed by atoms with van der Waals surface area (Å²) in [6, 6.07) is 22.4. The van der Waals surface area contributed by atoms with Gasteiger partial charge in [-0.05, 0) is 43.3 Å². The quantitative estimate of drug-likeness (QED) is 0.189. The van der Waals surface area contributed by atoms with Crippen molar-refractivity contribution in [3.05, 3.63) is 78.4 Å². The number of nitrogens with zero attached hydrogens (tertiary/aromatic N) is 4. The van der Waals surface area contributed by atoms with Crippen LogP contribution in [0.25, 0.3) is 17.1 Å². The van der Waals surface area contributed by atoms with Gasteiger partial charge in [0.25, 0.3) is 5.91 Å². The van der Waals surface area contributed by atoms with Crippen molar-refractivity contribution in [1.82, 2.24) is 20.2 Å². The minimum absolute atomic E-state index is 0.0516. The van der Waals surface area contributed by atoms with Crippen molar-refractivity contribution in [2.24, 2.45) is 5.10 Å². The lowest BCUT2D eigenvalue weighted by Gasteiger charge is -2.11. The second-order valence-electron chi connectivity index (χ2n) is 7.41. The van der Waals surface area contributed by atoms with Gasteiger partial charge in [-0.1, -0.05) is 48.2 Å². The van der Waals surface area contributed by atoms with Crippen molar-refractivity contribution in [3.63, 3.8) is 0 Å². The largest absolute Gasteiger partial charge is 0.504 e. The Morgan fingerprint density at radius 1 is 1.08 bits per heavy atom.